The molecule has 2 heterocycles. The monoisotopic (exact) mass is 237 g/mol. The minimum Gasteiger partial charge on any atom is -0.467 e. The number of ether oxygens (including phenoxy) is 1. The van der Waals surface area contributed by atoms with Crippen molar-refractivity contribution in [1.29, 1.82) is 0 Å². The normalized spacial score (nSPS) is 23.8. The Kier molecular flexibility index (Phi) is 2.89. The summed E-state index contributed by atoms with van der Waals surface area (Å²) < 4.78 is 4.58. The molecule has 2 rings (SSSR count). The molecule has 0 aliphatic carbocycles. The van der Waals surface area contributed by atoms with E-state index in [1.165, 1.54) is 7.11 Å². The van der Waals surface area contributed by atoms with Crippen LogP contribution in [0.15, 0.2) is 18.3 Å². The molecule has 1 saturated heterocycles. The number of methoxy groups -OCH3 is 1. The zero-order valence-electron chi connectivity index (χ0n) is 9.59. The van der Waals surface area contributed by atoms with E-state index in [0.29, 0.717) is 24.5 Å². The van der Waals surface area contributed by atoms with Crippen LogP contribution in [0.3, 0.4) is 0 Å². The molecule has 1 aliphatic rings. The lowest BCUT2D eigenvalue weighted by Crippen LogP contribution is -2.42. The number of nitrogen functional groups attached to an aromatic ring is 1. The van der Waals surface area contributed by atoms with Crippen LogP contribution in [0, 0.1) is 0 Å². The van der Waals surface area contributed by atoms with E-state index in [1.54, 1.807) is 23.2 Å². The molecular formula is C11H15N3O3. The van der Waals surface area contributed by atoms with Crippen LogP contribution < -0.4 is 10.6 Å². The predicted octanol–water partition coefficient (Wildman–Crippen LogP) is -0.222. The first-order valence-corrected chi connectivity index (χ1v) is 5.33. The van der Waals surface area contributed by atoms with Crippen LogP contribution in [-0.2, 0) is 9.53 Å². The average molecular weight is 237 g/mol. The first kappa shape index (κ1) is 11.7. The summed E-state index contributed by atoms with van der Waals surface area (Å²) in [6.07, 6.45) is 1.94. The maximum atomic E-state index is 11.4. The van der Waals surface area contributed by atoms with Crippen LogP contribution >= 0.6 is 0 Å². The molecule has 0 radical (unpaired) electrons. The summed E-state index contributed by atoms with van der Waals surface area (Å²) >= 11 is 0. The van der Waals surface area contributed by atoms with E-state index in [2.05, 4.69) is 9.72 Å². The lowest BCUT2D eigenvalue weighted by Gasteiger charge is -2.22. The van der Waals surface area contributed by atoms with E-state index in [9.17, 15) is 9.90 Å². The third kappa shape index (κ3) is 2.03. The highest BCUT2D eigenvalue weighted by Gasteiger charge is 2.44. The van der Waals surface area contributed by atoms with E-state index in [4.69, 9.17) is 5.73 Å². The van der Waals surface area contributed by atoms with Crippen molar-refractivity contribution in [3.05, 3.63) is 18.3 Å². The number of aromatic nitrogens is 1. The number of pyridine rings is 1. The van der Waals surface area contributed by atoms with Crippen molar-refractivity contribution in [1.82, 2.24) is 4.98 Å². The Morgan fingerprint density at radius 3 is 3.12 bits per heavy atom. The van der Waals surface area contributed by atoms with Gasteiger partial charge in [0.1, 0.15) is 0 Å². The molecule has 1 fully saturated rings. The second-order valence-corrected chi connectivity index (χ2v) is 4.11. The van der Waals surface area contributed by atoms with E-state index in [-0.39, 0.29) is 6.54 Å². The Morgan fingerprint density at radius 2 is 2.47 bits per heavy atom. The molecule has 1 aliphatic heterocycles. The minimum absolute atomic E-state index is 0.154. The van der Waals surface area contributed by atoms with Crippen LogP contribution in [0.2, 0.25) is 0 Å². The molecule has 0 amide bonds. The molecule has 0 aromatic carbocycles. The number of β-amino-alcohol motifs (C(OH)–C–C–N with tert-alkyl or cyclic N) is 1. The van der Waals surface area contributed by atoms with Crippen molar-refractivity contribution >= 4 is 17.5 Å². The lowest BCUT2D eigenvalue weighted by molar-refractivity contribution is -0.159. The summed E-state index contributed by atoms with van der Waals surface area (Å²) in [7, 11) is 1.26. The molecule has 3 N–H and O–H groups in total. The number of nitrogens with zero attached hydrogens (tertiary/aromatic N) is 2. The fourth-order valence-corrected chi connectivity index (χ4v) is 2.00. The summed E-state index contributed by atoms with van der Waals surface area (Å²) in [6.45, 7) is 0.674. The van der Waals surface area contributed by atoms with Crippen molar-refractivity contribution in [3.8, 4) is 0 Å². The van der Waals surface area contributed by atoms with Crippen LogP contribution in [0.1, 0.15) is 6.42 Å². The number of carbonyl (C=O) groups excluding carboxylic acids is 1. The molecule has 17 heavy (non-hydrogen) atoms. The number of hydrogen-bond acceptors (Lipinski definition) is 6. The van der Waals surface area contributed by atoms with Crippen molar-refractivity contribution in [2.75, 3.05) is 30.8 Å². The molecule has 1 aromatic rings. The third-order valence-electron chi connectivity index (χ3n) is 2.93. The zero-order chi connectivity index (χ0) is 12.5. The number of aliphatic hydroxyl groups is 1. The number of carbonyl (C=O) groups is 1. The van der Waals surface area contributed by atoms with Gasteiger partial charge in [0.2, 0.25) is 0 Å². The fourth-order valence-electron chi connectivity index (χ4n) is 2.00. The largest absolute Gasteiger partial charge is 0.467 e. The van der Waals surface area contributed by atoms with E-state index < -0.39 is 11.6 Å². The Bertz CT molecular complexity index is 438. The highest BCUT2D eigenvalue weighted by atomic mass is 16.5. The van der Waals surface area contributed by atoms with Crippen molar-refractivity contribution in [2.45, 2.75) is 12.0 Å². The standard InChI is InChI=1S/C11H15N3O3/c1-17-10(15)11(16)4-6-14(7-11)9-8(12)3-2-5-13-9/h2-3,5,16H,4,6-7,12H2,1H3. The van der Waals surface area contributed by atoms with Crippen LogP contribution in [0.4, 0.5) is 11.5 Å². The molecule has 1 aromatic heterocycles. The molecule has 6 heteroatoms. The lowest BCUT2D eigenvalue weighted by atomic mass is 10.0. The highest BCUT2D eigenvalue weighted by Crippen LogP contribution is 2.29. The summed E-state index contributed by atoms with van der Waals surface area (Å²) in [5.41, 5.74) is 4.87. The first-order chi connectivity index (χ1) is 8.07. The molecular weight excluding hydrogens is 222 g/mol. The van der Waals surface area contributed by atoms with Gasteiger partial charge in [-0.25, -0.2) is 9.78 Å². The van der Waals surface area contributed by atoms with Crippen molar-refractivity contribution in [2.24, 2.45) is 0 Å². The smallest absolute Gasteiger partial charge is 0.339 e. The Morgan fingerprint density at radius 1 is 1.71 bits per heavy atom. The van der Waals surface area contributed by atoms with E-state index in [1.807, 2.05) is 0 Å². The van der Waals surface area contributed by atoms with Gasteiger partial charge in [0, 0.05) is 19.2 Å². The summed E-state index contributed by atoms with van der Waals surface area (Å²) in [5, 5.41) is 10.1. The van der Waals surface area contributed by atoms with Gasteiger partial charge in [-0.05, 0) is 12.1 Å². The number of esters is 1. The van der Waals surface area contributed by atoms with Gasteiger partial charge in [-0.2, -0.15) is 0 Å². The zero-order valence-corrected chi connectivity index (χ0v) is 9.59. The molecule has 92 valence electrons. The Hall–Kier alpha value is -1.82. The number of rotatable bonds is 2. The highest BCUT2D eigenvalue weighted by molar-refractivity contribution is 5.81. The average Bonchev–Trinajstić information content (AvgIpc) is 2.72. The summed E-state index contributed by atoms with van der Waals surface area (Å²) in [6, 6.07) is 3.47. The van der Waals surface area contributed by atoms with Gasteiger partial charge in [0.15, 0.2) is 11.4 Å². The molecule has 0 saturated carbocycles. The number of anilines is 2. The molecule has 6 nitrogen and oxygen atoms in total. The Balaban J connectivity index is 2.18. The van der Waals surface area contributed by atoms with Gasteiger partial charge in [-0.15, -0.1) is 0 Å². The molecule has 0 bridgehead atoms. The van der Waals surface area contributed by atoms with E-state index >= 15 is 0 Å². The van der Waals surface area contributed by atoms with E-state index in [0.717, 1.165) is 0 Å². The van der Waals surface area contributed by atoms with Gasteiger partial charge >= 0.3 is 5.97 Å². The second kappa shape index (κ2) is 4.21. The van der Waals surface area contributed by atoms with Gasteiger partial charge in [-0.3, -0.25) is 0 Å². The van der Waals surface area contributed by atoms with Crippen molar-refractivity contribution < 1.29 is 14.6 Å². The van der Waals surface area contributed by atoms with Gasteiger partial charge < -0.3 is 20.5 Å². The maximum Gasteiger partial charge on any atom is 0.339 e. The SMILES string of the molecule is COC(=O)C1(O)CCN(c2ncccc2N)C1. The fraction of sp³-hybridized carbons (Fsp3) is 0.455. The second-order valence-electron chi connectivity index (χ2n) is 4.11. The Labute approximate surface area is 99.0 Å². The molecule has 1 unspecified atom stereocenters. The van der Waals surface area contributed by atoms with Crippen LogP contribution in [0.5, 0.6) is 0 Å². The summed E-state index contributed by atoms with van der Waals surface area (Å²) in [5.74, 6) is -0.0261. The third-order valence-corrected chi connectivity index (χ3v) is 2.93. The molecule has 1 atom stereocenters. The summed E-state index contributed by atoms with van der Waals surface area (Å²) in [4.78, 5) is 17.4. The molecule has 0 spiro atoms. The van der Waals surface area contributed by atoms with Crippen molar-refractivity contribution in [3.63, 3.8) is 0 Å². The van der Waals surface area contributed by atoms with Crippen LogP contribution in [-0.4, -0.2) is 41.9 Å². The number of hydrogen-bond donors (Lipinski definition) is 2. The quantitative estimate of drug-likeness (QED) is 0.691. The van der Waals surface area contributed by atoms with Gasteiger partial charge in [0.25, 0.3) is 0 Å². The number of nitrogens with two attached hydrogens (primary N) is 1. The predicted molar refractivity (Wildman–Crippen MR) is 62.4 cm³/mol. The first-order valence-electron chi connectivity index (χ1n) is 5.33. The van der Waals surface area contributed by atoms with Crippen LogP contribution in [0.25, 0.3) is 0 Å². The van der Waals surface area contributed by atoms with Gasteiger partial charge in [0.05, 0.1) is 19.3 Å². The topological polar surface area (TPSA) is 88.7 Å². The minimum atomic E-state index is -1.46. The maximum absolute atomic E-state index is 11.4. The van der Waals surface area contributed by atoms with Gasteiger partial charge in [-0.1, -0.05) is 0 Å².